The maximum atomic E-state index is 14.2. The first-order chi connectivity index (χ1) is 18.1. The maximum Gasteiger partial charge on any atom is 0.407 e. The lowest BCUT2D eigenvalue weighted by Crippen LogP contribution is -2.54. The SMILES string of the molecule is CSCC[C@H](N)C(=O)N(C)C(=O)[C@H](CC(C)C)N[C@@H](c1ccc(-c2ccc(S(C)(=O)=O)cc2)cc1)C(F)(F)F. The van der Waals surface area contributed by atoms with E-state index >= 15 is 0 Å². The van der Waals surface area contributed by atoms with Crippen molar-refractivity contribution in [2.24, 2.45) is 11.7 Å². The Morgan fingerprint density at radius 3 is 1.95 bits per heavy atom. The number of rotatable bonds is 12. The molecule has 0 fully saturated rings. The Kier molecular flexibility index (Phi) is 11.6. The Labute approximate surface area is 232 Å². The topological polar surface area (TPSA) is 110 Å². The van der Waals surface area contributed by atoms with Gasteiger partial charge in [-0.25, -0.2) is 8.42 Å². The van der Waals surface area contributed by atoms with E-state index < -0.39 is 46.0 Å². The summed E-state index contributed by atoms with van der Waals surface area (Å²) in [7, 11) is -2.14. The van der Waals surface area contributed by atoms with Gasteiger partial charge in [0.2, 0.25) is 11.8 Å². The first-order valence-corrected chi connectivity index (χ1v) is 15.6. The van der Waals surface area contributed by atoms with E-state index in [-0.39, 0.29) is 22.8 Å². The average molecular weight is 588 g/mol. The van der Waals surface area contributed by atoms with Gasteiger partial charge in [-0.05, 0) is 59.6 Å². The van der Waals surface area contributed by atoms with Crippen molar-refractivity contribution in [1.82, 2.24) is 10.2 Å². The molecule has 216 valence electrons. The lowest BCUT2D eigenvalue weighted by molar-refractivity contribution is -0.163. The molecule has 12 heteroatoms. The van der Waals surface area contributed by atoms with E-state index in [0.717, 1.165) is 11.2 Å². The summed E-state index contributed by atoms with van der Waals surface area (Å²) in [5.41, 5.74) is 7.04. The first-order valence-electron chi connectivity index (χ1n) is 12.3. The van der Waals surface area contributed by atoms with Crippen molar-refractivity contribution in [3.63, 3.8) is 0 Å². The Hall–Kier alpha value is -2.41. The van der Waals surface area contributed by atoms with Crippen LogP contribution in [0.5, 0.6) is 0 Å². The van der Waals surface area contributed by atoms with E-state index in [4.69, 9.17) is 5.73 Å². The summed E-state index contributed by atoms with van der Waals surface area (Å²) in [4.78, 5) is 26.8. The number of sulfone groups is 1. The third kappa shape index (κ3) is 9.33. The number of nitrogens with one attached hydrogen (secondary N) is 1. The highest BCUT2D eigenvalue weighted by atomic mass is 32.2. The molecule has 0 radical (unpaired) electrons. The lowest BCUT2D eigenvalue weighted by Gasteiger charge is -2.31. The Bertz CT molecular complexity index is 1220. The number of likely N-dealkylation sites (N-methyl/N-ethyl adjacent to an activating group) is 1. The van der Waals surface area contributed by atoms with Crippen LogP contribution in [0.25, 0.3) is 11.1 Å². The number of hydrogen-bond acceptors (Lipinski definition) is 7. The molecule has 2 rings (SSSR count). The minimum absolute atomic E-state index is 0.0772. The van der Waals surface area contributed by atoms with Gasteiger partial charge in [-0.15, -0.1) is 0 Å². The molecule has 39 heavy (non-hydrogen) atoms. The molecule has 0 aromatic heterocycles. The predicted octanol–water partition coefficient (Wildman–Crippen LogP) is 4.43. The van der Waals surface area contributed by atoms with Gasteiger partial charge in [-0.1, -0.05) is 50.2 Å². The summed E-state index contributed by atoms with van der Waals surface area (Å²) in [5.74, 6) is -0.938. The molecule has 0 aliphatic rings. The van der Waals surface area contributed by atoms with Gasteiger partial charge in [0.25, 0.3) is 0 Å². The molecular formula is C27H36F3N3O4S2. The van der Waals surface area contributed by atoms with Crippen molar-refractivity contribution in [3.05, 3.63) is 54.1 Å². The quantitative estimate of drug-likeness (QED) is 0.378. The smallest absolute Gasteiger partial charge is 0.320 e. The molecule has 0 aliphatic carbocycles. The van der Waals surface area contributed by atoms with Crippen LogP contribution in [0.4, 0.5) is 13.2 Å². The van der Waals surface area contributed by atoms with Crippen LogP contribution < -0.4 is 11.1 Å². The number of amides is 2. The second kappa shape index (κ2) is 13.8. The number of nitrogens with two attached hydrogens (primary N) is 1. The van der Waals surface area contributed by atoms with Crippen LogP contribution in [0.3, 0.4) is 0 Å². The highest BCUT2D eigenvalue weighted by molar-refractivity contribution is 7.98. The molecule has 3 N–H and O–H groups in total. The average Bonchev–Trinajstić information content (AvgIpc) is 2.87. The largest absolute Gasteiger partial charge is 0.407 e. The van der Waals surface area contributed by atoms with E-state index in [9.17, 15) is 31.2 Å². The fourth-order valence-electron chi connectivity index (χ4n) is 4.01. The molecular weight excluding hydrogens is 551 g/mol. The molecule has 0 aliphatic heterocycles. The predicted molar refractivity (Wildman–Crippen MR) is 149 cm³/mol. The standard InChI is InChI=1S/C27H36F3N3O4S2/c1-17(2)16-23(26(35)33(3)25(34)22(31)14-15-38-4)32-24(27(28,29)30)20-8-6-18(7-9-20)19-10-12-21(13-11-19)39(5,36)37/h6-13,17,22-24,32H,14-16,31H2,1-5H3/t22-,23-,24-/m0/s1. The van der Waals surface area contributed by atoms with Gasteiger partial charge < -0.3 is 5.73 Å². The molecule has 2 aromatic carbocycles. The van der Waals surface area contributed by atoms with Gasteiger partial charge in [-0.3, -0.25) is 19.8 Å². The van der Waals surface area contributed by atoms with Gasteiger partial charge in [0.15, 0.2) is 9.84 Å². The van der Waals surface area contributed by atoms with E-state index in [1.807, 2.05) is 6.26 Å². The number of benzene rings is 2. The molecule has 2 amide bonds. The van der Waals surface area contributed by atoms with E-state index in [1.54, 1.807) is 26.0 Å². The number of carbonyl (C=O) groups is 2. The molecule has 0 saturated heterocycles. The minimum atomic E-state index is -4.73. The number of imide groups is 1. The van der Waals surface area contributed by atoms with Crippen LogP contribution in [0.1, 0.15) is 38.3 Å². The van der Waals surface area contributed by atoms with Crippen molar-refractivity contribution in [1.29, 1.82) is 0 Å². The van der Waals surface area contributed by atoms with Crippen LogP contribution in [-0.4, -0.2) is 68.7 Å². The monoisotopic (exact) mass is 587 g/mol. The van der Waals surface area contributed by atoms with Crippen molar-refractivity contribution in [2.45, 2.75) is 55.9 Å². The van der Waals surface area contributed by atoms with Crippen LogP contribution in [-0.2, 0) is 19.4 Å². The molecule has 0 saturated carbocycles. The number of carbonyl (C=O) groups excluding carboxylic acids is 2. The summed E-state index contributed by atoms with van der Waals surface area (Å²) < 4.78 is 66.1. The molecule has 0 unspecified atom stereocenters. The van der Waals surface area contributed by atoms with E-state index in [2.05, 4.69) is 5.32 Å². The normalized spacial score (nSPS) is 14.6. The second-order valence-corrected chi connectivity index (χ2v) is 12.9. The molecule has 7 nitrogen and oxygen atoms in total. The second-order valence-electron chi connectivity index (χ2n) is 9.87. The fraction of sp³-hybridized carbons (Fsp3) is 0.481. The Balaban J connectivity index is 2.32. The number of halogens is 3. The van der Waals surface area contributed by atoms with Gasteiger partial charge in [0.05, 0.1) is 17.0 Å². The first kappa shape index (κ1) is 32.8. The number of alkyl halides is 3. The summed E-state index contributed by atoms with van der Waals surface area (Å²) in [6.45, 7) is 3.56. The molecule has 0 heterocycles. The zero-order valence-electron chi connectivity index (χ0n) is 22.7. The van der Waals surface area contributed by atoms with E-state index in [1.165, 1.54) is 55.2 Å². The molecule has 0 spiro atoms. The maximum absolute atomic E-state index is 14.2. The molecule has 0 bridgehead atoms. The third-order valence-corrected chi connectivity index (χ3v) is 7.94. The minimum Gasteiger partial charge on any atom is -0.320 e. The summed E-state index contributed by atoms with van der Waals surface area (Å²) >= 11 is 1.49. The summed E-state index contributed by atoms with van der Waals surface area (Å²) in [6.07, 6.45) is -1.37. The Morgan fingerprint density at radius 2 is 1.51 bits per heavy atom. The molecule has 2 aromatic rings. The zero-order chi connectivity index (χ0) is 29.5. The highest BCUT2D eigenvalue weighted by Gasteiger charge is 2.43. The summed E-state index contributed by atoms with van der Waals surface area (Å²) in [5, 5.41) is 2.46. The zero-order valence-corrected chi connectivity index (χ0v) is 24.3. The number of nitrogens with zero attached hydrogens (tertiary/aromatic N) is 1. The van der Waals surface area contributed by atoms with E-state index in [0.29, 0.717) is 23.3 Å². The van der Waals surface area contributed by atoms with Crippen LogP contribution in [0.2, 0.25) is 0 Å². The van der Waals surface area contributed by atoms with Crippen LogP contribution in [0, 0.1) is 5.92 Å². The van der Waals surface area contributed by atoms with Crippen LogP contribution >= 0.6 is 11.8 Å². The van der Waals surface area contributed by atoms with Crippen molar-refractivity contribution >= 4 is 33.4 Å². The van der Waals surface area contributed by atoms with Gasteiger partial charge in [0, 0.05) is 13.3 Å². The third-order valence-electron chi connectivity index (χ3n) is 6.17. The van der Waals surface area contributed by atoms with Crippen LogP contribution in [0.15, 0.2) is 53.4 Å². The Morgan fingerprint density at radius 1 is 1.00 bits per heavy atom. The van der Waals surface area contributed by atoms with Gasteiger partial charge in [-0.2, -0.15) is 24.9 Å². The number of thioether (sulfide) groups is 1. The summed E-state index contributed by atoms with van der Waals surface area (Å²) in [6, 6.07) is 7.31. The lowest BCUT2D eigenvalue weighted by atomic mass is 9.97. The van der Waals surface area contributed by atoms with Gasteiger partial charge >= 0.3 is 6.18 Å². The van der Waals surface area contributed by atoms with Crippen molar-refractivity contribution in [2.75, 3.05) is 25.3 Å². The number of hydrogen-bond donors (Lipinski definition) is 2. The van der Waals surface area contributed by atoms with Gasteiger partial charge in [0.1, 0.15) is 6.04 Å². The molecule has 3 atom stereocenters. The highest BCUT2D eigenvalue weighted by Crippen LogP contribution is 2.35. The van der Waals surface area contributed by atoms with Crippen molar-refractivity contribution < 1.29 is 31.2 Å². The fourth-order valence-corrected chi connectivity index (χ4v) is 5.13. The van der Waals surface area contributed by atoms with Crippen molar-refractivity contribution in [3.8, 4) is 11.1 Å².